The molecule has 0 atom stereocenters. The number of hydrogen-bond donors (Lipinski definition) is 0. The number of benzene rings is 3. The second kappa shape index (κ2) is 7.56. The zero-order valence-corrected chi connectivity index (χ0v) is 15.0. The molecule has 1 aromatic heterocycles. The summed E-state index contributed by atoms with van der Waals surface area (Å²) in [5, 5.41) is 1.02. The summed E-state index contributed by atoms with van der Waals surface area (Å²) in [6, 6.07) is 21.7. The molecular weight excluding hydrogens is 364 g/mol. The monoisotopic (exact) mass is 378 g/mol. The highest BCUT2D eigenvalue weighted by Gasteiger charge is 2.10. The zero-order valence-electron chi connectivity index (χ0n) is 14.2. The molecule has 4 aromatic rings. The van der Waals surface area contributed by atoms with Crippen LogP contribution in [-0.2, 0) is 6.61 Å². The first-order chi connectivity index (χ1) is 13.2. The average molecular weight is 379 g/mol. The van der Waals surface area contributed by atoms with E-state index in [4.69, 9.17) is 25.5 Å². The predicted molar refractivity (Wildman–Crippen MR) is 105 cm³/mol. The van der Waals surface area contributed by atoms with Gasteiger partial charge in [-0.05, 0) is 42.0 Å². The molecule has 0 N–H and O–H groups in total. The van der Waals surface area contributed by atoms with Crippen LogP contribution >= 0.6 is 11.6 Å². The molecule has 0 amide bonds. The lowest BCUT2D eigenvalue weighted by atomic mass is 10.2. The topological polar surface area (TPSA) is 48.7 Å². The molecule has 0 saturated carbocycles. The minimum Gasteiger partial charge on any atom is -0.489 e. The molecule has 3 aromatic carbocycles. The van der Waals surface area contributed by atoms with E-state index in [0.29, 0.717) is 34.1 Å². The van der Waals surface area contributed by atoms with Crippen molar-refractivity contribution in [2.75, 3.05) is 0 Å². The highest BCUT2D eigenvalue weighted by Crippen LogP contribution is 2.25. The van der Waals surface area contributed by atoms with Crippen LogP contribution in [0.5, 0.6) is 17.2 Å². The van der Waals surface area contributed by atoms with E-state index in [1.54, 1.807) is 42.5 Å². The average Bonchev–Trinajstić information content (AvgIpc) is 2.71. The maximum atomic E-state index is 12.6. The van der Waals surface area contributed by atoms with Gasteiger partial charge in [-0.25, -0.2) is 0 Å². The summed E-state index contributed by atoms with van der Waals surface area (Å²) >= 11 is 5.86. The molecular formula is C22H15ClO4. The van der Waals surface area contributed by atoms with E-state index in [1.165, 1.54) is 6.26 Å². The lowest BCUT2D eigenvalue weighted by molar-refractivity contribution is 0.306. The lowest BCUT2D eigenvalue weighted by Crippen LogP contribution is -2.05. The third-order valence-electron chi connectivity index (χ3n) is 4.00. The van der Waals surface area contributed by atoms with Crippen LogP contribution in [0.2, 0.25) is 5.02 Å². The molecule has 0 bridgehead atoms. The van der Waals surface area contributed by atoms with Gasteiger partial charge in [-0.3, -0.25) is 4.79 Å². The Morgan fingerprint density at radius 2 is 1.63 bits per heavy atom. The third-order valence-corrected chi connectivity index (χ3v) is 4.26. The van der Waals surface area contributed by atoms with E-state index in [9.17, 15) is 4.79 Å². The number of rotatable bonds is 5. The second-order valence-corrected chi connectivity index (χ2v) is 6.35. The second-order valence-electron chi connectivity index (χ2n) is 5.92. The summed E-state index contributed by atoms with van der Waals surface area (Å²) in [6.45, 7) is 0.439. The van der Waals surface area contributed by atoms with E-state index >= 15 is 0 Å². The Hall–Kier alpha value is -3.24. The van der Waals surface area contributed by atoms with Crippen molar-refractivity contribution in [1.29, 1.82) is 0 Å². The van der Waals surface area contributed by atoms with E-state index < -0.39 is 0 Å². The Morgan fingerprint density at radius 1 is 0.889 bits per heavy atom. The molecule has 0 radical (unpaired) electrons. The van der Waals surface area contributed by atoms with Gasteiger partial charge in [-0.2, -0.15) is 0 Å². The molecule has 134 valence electrons. The van der Waals surface area contributed by atoms with Gasteiger partial charge in [0.05, 0.1) is 5.39 Å². The quantitative estimate of drug-likeness (QED) is 0.439. The van der Waals surface area contributed by atoms with Gasteiger partial charge in [-0.1, -0.05) is 41.9 Å². The normalized spacial score (nSPS) is 10.7. The first kappa shape index (κ1) is 17.2. The number of ether oxygens (including phenoxy) is 2. The van der Waals surface area contributed by atoms with Crippen LogP contribution in [0.3, 0.4) is 0 Å². The van der Waals surface area contributed by atoms with Crippen molar-refractivity contribution in [3.05, 3.63) is 99.9 Å². The molecule has 0 aliphatic heterocycles. The van der Waals surface area contributed by atoms with Crippen LogP contribution in [0.1, 0.15) is 5.56 Å². The molecule has 4 nitrogen and oxygen atoms in total. The SMILES string of the molecule is O=c1c(Oc2ccc(Cl)cc2)coc2cc(OCc3ccccc3)ccc12. The molecule has 0 unspecified atom stereocenters. The van der Waals surface area contributed by atoms with Crippen LogP contribution < -0.4 is 14.9 Å². The Labute approximate surface area is 160 Å². The zero-order chi connectivity index (χ0) is 18.6. The minimum absolute atomic E-state index is 0.114. The van der Waals surface area contributed by atoms with Gasteiger partial charge in [0.15, 0.2) is 0 Å². The summed E-state index contributed by atoms with van der Waals surface area (Å²) in [6.07, 6.45) is 1.31. The van der Waals surface area contributed by atoms with Crippen LogP contribution in [0.25, 0.3) is 11.0 Å². The molecule has 0 aliphatic rings. The molecule has 0 saturated heterocycles. The summed E-state index contributed by atoms with van der Waals surface area (Å²) in [4.78, 5) is 12.6. The van der Waals surface area contributed by atoms with E-state index in [-0.39, 0.29) is 11.2 Å². The Bertz CT molecular complexity index is 1120. The van der Waals surface area contributed by atoms with Crippen LogP contribution in [0.4, 0.5) is 0 Å². The fourth-order valence-corrected chi connectivity index (χ4v) is 2.75. The summed E-state index contributed by atoms with van der Waals surface area (Å²) < 4.78 is 17.0. The van der Waals surface area contributed by atoms with Crippen molar-refractivity contribution in [2.45, 2.75) is 6.61 Å². The molecule has 0 aliphatic carbocycles. The van der Waals surface area contributed by atoms with Gasteiger partial charge in [0.1, 0.15) is 30.0 Å². The summed E-state index contributed by atoms with van der Waals surface area (Å²) in [5.41, 5.74) is 1.25. The van der Waals surface area contributed by atoms with Crippen molar-refractivity contribution in [1.82, 2.24) is 0 Å². The van der Waals surface area contributed by atoms with Gasteiger partial charge in [-0.15, -0.1) is 0 Å². The van der Waals surface area contributed by atoms with Crippen molar-refractivity contribution in [3.63, 3.8) is 0 Å². The minimum atomic E-state index is -0.249. The van der Waals surface area contributed by atoms with Crippen molar-refractivity contribution in [3.8, 4) is 17.2 Å². The Kier molecular flexibility index (Phi) is 4.81. The predicted octanol–water partition coefficient (Wildman–Crippen LogP) is 5.82. The first-order valence-corrected chi connectivity index (χ1v) is 8.72. The van der Waals surface area contributed by atoms with Crippen molar-refractivity contribution in [2.24, 2.45) is 0 Å². The van der Waals surface area contributed by atoms with E-state index in [2.05, 4.69) is 0 Å². The smallest absolute Gasteiger partial charge is 0.235 e. The lowest BCUT2D eigenvalue weighted by Gasteiger charge is -2.08. The molecule has 1 heterocycles. The third kappa shape index (κ3) is 3.96. The molecule has 4 rings (SSSR count). The number of fused-ring (bicyclic) bond motifs is 1. The van der Waals surface area contributed by atoms with Gasteiger partial charge in [0, 0.05) is 11.1 Å². The van der Waals surface area contributed by atoms with Crippen LogP contribution in [0.15, 0.2) is 88.3 Å². The molecule has 0 fully saturated rings. The van der Waals surface area contributed by atoms with Gasteiger partial charge in [0.25, 0.3) is 0 Å². The summed E-state index contributed by atoms with van der Waals surface area (Å²) in [5.74, 6) is 1.25. The highest BCUT2D eigenvalue weighted by molar-refractivity contribution is 6.30. The van der Waals surface area contributed by atoms with Crippen LogP contribution in [-0.4, -0.2) is 0 Å². The largest absolute Gasteiger partial charge is 0.489 e. The van der Waals surface area contributed by atoms with Crippen molar-refractivity contribution < 1.29 is 13.9 Å². The number of hydrogen-bond acceptors (Lipinski definition) is 4. The van der Waals surface area contributed by atoms with Gasteiger partial charge < -0.3 is 13.9 Å². The van der Waals surface area contributed by atoms with Crippen molar-refractivity contribution >= 4 is 22.6 Å². The standard InChI is InChI=1S/C22H15ClO4/c23-16-6-8-17(9-7-16)27-21-14-26-20-12-18(10-11-19(20)22(21)24)25-13-15-4-2-1-3-5-15/h1-12,14H,13H2. The van der Waals surface area contributed by atoms with Crippen LogP contribution in [0, 0.1) is 0 Å². The fraction of sp³-hybridized carbons (Fsp3) is 0.0455. The molecule has 27 heavy (non-hydrogen) atoms. The maximum Gasteiger partial charge on any atom is 0.235 e. The van der Waals surface area contributed by atoms with Gasteiger partial charge >= 0.3 is 0 Å². The Morgan fingerprint density at radius 3 is 2.41 bits per heavy atom. The maximum absolute atomic E-state index is 12.6. The Balaban J connectivity index is 1.56. The van der Waals surface area contributed by atoms with Gasteiger partial charge in [0.2, 0.25) is 11.2 Å². The fourth-order valence-electron chi connectivity index (χ4n) is 2.62. The van der Waals surface area contributed by atoms with E-state index in [1.807, 2.05) is 30.3 Å². The van der Waals surface area contributed by atoms with E-state index in [0.717, 1.165) is 5.56 Å². The first-order valence-electron chi connectivity index (χ1n) is 8.35. The highest BCUT2D eigenvalue weighted by atomic mass is 35.5. The number of halogens is 1. The molecule has 5 heteroatoms. The summed E-state index contributed by atoms with van der Waals surface area (Å²) in [7, 11) is 0. The molecule has 0 spiro atoms.